The molecule has 1 aromatic carbocycles. The number of hydrogen-bond acceptors (Lipinski definition) is 7. The number of fused-ring (bicyclic) bond motifs is 1. The second kappa shape index (κ2) is 9.22. The van der Waals surface area contributed by atoms with E-state index in [2.05, 4.69) is 5.32 Å². The van der Waals surface area contributed by atoms with Crippen molar-refractivity contribution >= 4 is 44.9 Å². The van der Waals surface area contributed by atoms with E-state index in [9.17, 15) is 22.8 Å². The Morgan fingerprint density at radius 1 is 1.33 bits per heavy atom. The number of likely N-dealkylation sites (tertiary alicyclic amines) is 1. The maximum Gasteiger partial charge on any atom is 0.328 e. The molecular weight excluding hydrogens is 436 g/mol. The highest BCUT2D eigenvalue weighted by Crippen LogP contribution is 2.36. The van der Waals surface area contributed by atoms with Gasteiger partial charge < -0.3 is 19.7 Å². The van der Waals surface area contributed by atoms with Crippen LogP contribution in [0.5, 0.6) is 5.75 Å². The second-order valence-corrected chi connectivity index (χ2v) is 9.52. The summed E-state index contributed by atoms with van der Waals surface area (Å²) in [4.78, 5) is 37.5. The van der Waals surface area contributed by atoms with Crippen LogP contribution < -0.4 is 10.1 Å². The first-order valence-corrected chi connectivity index (χ1v) is 11.7. The van der Waals surface area contributed by atoms with Crippen molar-refractivity contribution in [3.8, 4) is 5.75 Å². The van der Waals surface area contributed by atoms with E-state index < -0.39 is 33.5 Å². The van der Waals surface area contributed by atoms with Crippen LogP contribution in [0.15, 0.2) is 17.0 Å². The molecule has 1 unspecified atom stereocenters. The number of ether oxygens (including phenoxy) is 2. The highest BCUT2D eigenvalue weighted by Gasteiger charge is 2.34. The van der Waals surface area contributed by atoms with Gasteiger partial charge in [-0.15, -0.1) is 0 Å². The van der Waals surface area contributed by atoms with E-state index in [0.717, 1.165) is 12.8 Å². The van der Waals surface area contributed by atoms with Gasteiger partial charge in [0.1, 0.15) is 11.8 Å². The Morgan fingerprint density at radius 3 is 2.83 bits per heavy atom. The predicted molar refractivity (Wildman–Crippen MR) is 108 cm³/mol. The monoisotopic (exact) mass is 458 g/mol. The zero-order valence-corrected chi connectivity index (χ0v) is 18.1. The summed E-state index contributed by atoms with van der Waals surface area (Å²) in [5, 5.41) is 2.48. The lowest BCUT2D eigenvalue weighted by Crippen LogP contribution is -2.49. The molecule has 2 amide bonds. The molecule has 0 aliphatic carbocycles. The smallest absolute Gasteiger partial charge is 0.328 e. The first-order valence-electron chi connectivity index (χ1n) is 9.68. The Balaban J connectivity index is 1.72. The van der Waals surface area contributed by atoms with E-state index in [1.165, 1.54) is 17.0 Å². The molecule has 1 fully saturated rings. The maximum atomic E-state index is 12.8. The summed E-state index contributed by atoms with van der Waals surface area (Å²) in [5.41, 5.74) is 0.289. The van der Waals surface area contributed by atoms with E-state index >= 15 is 0 Å². The van der Waals surface area contributed by atoms with Crippen molar-refractivity contribution in [3.05, 3.63) is 17.2 Å². The SMILES string of the molecule is CCOC(=O)C1CCCCN1C(=O)CCS(=O)(=O)c1cc2c(cc1Cl)NC(=O)CO2. The number of benzene rings is 1. The lowest BCUT2D eigenvalue weighted by molar-refractivity contribution is -0.156. The molecule has 11 heteroatoms. The van der Waals surface area contributed by atoms with Crippen LogP contribution in [0, 0.1) is 0 Å². The molecule has 0 spiro atoms. The van der Waals surface area contributed by atoms with Gasteiger partial charge >= 0.3 is 5.97 Å². The van der Waals surface area contributed by atoms with Crippen molar-refractivity contribution in [2.45, 2.75) is 43.5 Å². The summed E-state index contributed by atoms with van der Waals surface area (Å²) >= 11 is 6.11. The van der Waals surface area contributed by atoms with E-state index in [-0.39, 0.29) is 46.9 Å². The normalized spacial score (nSPS) is 18.8. The third-order valence-electron chi connectivity index (χ3n) is 4.97. The number of carbonyl (C=O) groups excluding carboxylic acids is 3. The lowest BCUT2D eigenvalue weighted by Gasteiger charge is -2.34. The fourth-order valence-corrected chi connectivity index (χ4v) is 5.33. The molecule has 2 aliphatic rings. The molecule has 1 N–H and O–H groups in total. The van der Waals surface area contributed by atoms with Crippen molar-refractivity contribution in [1.29, 1.82) is 0 Å². The number of nitrogens with zero attached hydrogens (tertiary/aromatic N) is 1. The summed E-state index contributed by atoms with van der Waals surface area (Å²) < 4.78 is 35.9. The van der Waals surface area contributed by atoms with E-state index in [0.29, 0.717) is 13.0 Å². The van der Waals surface area contributed by atoms with Gasteiger partial charge in [-0.1, -0.05) is 11.6 Å². The van der Waals surface area contributed by atoms with Gasteiger partial charge in [0.15, 0.2) is 16.4 Å². The minimum absolute atomic E-state index is 0.0747. The summed E-state index contributed by atoms with van der Waals surface area (Å²) in [6.07, 6.45) is 1.75. The van der Waals surface area contributed by atoms with Crippen molar-refractivity contribution in [2.24, 2.45) is 0 Å². The highest BCUT2D eigenvalue weighted by molar-refractivity contribution is 7.91. The first kappa shape index (κ1) is 22.4. The number of nitrogens with one attached hydrogen (secondary N) is 1. The van der Waals surface area contributed by atoms with Crippen LogP contribution in [-0.2, 0) is 29.0 Å². The van der Waals surface area contributed by atoms with Gasteiger partial charge in [0.25, 0.3) is 5.91 Å². The summed E-state index contributed by atoms with van der Waals surface area (Å²) in [5.74, 6) is -1.53. The molecule has 2 heterocycles. The van der Waals surface area contributed by atoms with Gasteiger partial charge in [-0.3, -0.25) is 9.59 Å². The van der Waals surface area contributed by atoms with Crippen LogP contribution in [0.25, 0.3) is 0 Å². The Hall–Kier alpha value is -2.33. The quantitative estimate of drug-likeness (QED) is 0.645. The van der Waals surface area contributed by atoms with Crippen molar-refractivity contribution < 1.29 is 32.3 Å². The number of anilines is 1. The zero-order valence-electron chi connectivity index (χ0n) is 16.5. The Labute approximate surface area is 179 Å². The second-order valence-electron chi connectivity index (χ2n) is 7.04. The molecule has 0 radical (unpaired) electrons. The molecule has 0 aromatic heterocycles. The molecule has 9 nitrogen and oxygen atoms in total. The first-order chi connectivity index (χ1) is 14.2. The molecule has 2 aliphatic heterocycles. The van der Waals surface area contributed by atoms with Gasteiger partial charge in [-0.05, 0) is 32.3 Å². The minimum Gasteiger partial charge on any atom is -0.482 e. The number of esters is 1. The van der Waals surface area contributed by atoms with Gasteiger partial charge in [-0.2, -0.15) is 0 Å². The third-order valence-corrected chi connectivity index (χ3v) is 7.14. The topological polar surface area (TPSA) is 119 Å². The molecule has 1 aromatic rings. The number of carbonyl (C=O) groups is 3. The standard InChI is InChI=1S/C19H23ClN2O7S/c1-2-28-19(25)14-5-3-4-7-22(14)18(24)6-8-30(26,27)16-10-15-13(9-12(16)20)21-17(23)11-29-15/h9-10,14H,2-8,11H2,1H3,(H,21,23). The molecule has 1 atom stereocenters. The summed E-state index contributed by atoms with van der Waals surface area (Å²) in [6.45, 7) is 2.06. The van der Waals surface area contributed by atoms with Crippen molar-refractivity contribution in [2.75, 3.05) is 30.8 Å². The van der Waals surface area contributed by atoms with Crippen LogP contribution >= 0.6 is 11.6 Å². The third kappa shape index (κ3) is 4.86. The number of sulfone groups is 1. The molecule has 1 saturated heterocycles. The lowest BCUT2D eigenvalue weighted by atomic mass is 10.0. The van der Waals surface area contributed by atoms with Crippen LogP contribution in [-0.4, -0.2) is 62.7 Å². The van der Waals surface area contributed by atoms with Gasteiger partial charge in [0.2, 0.25) is 5.91 Å². The van der Waals surface area contributed by atoms with E-state index in [1.54, 1.807) is 6.92 Å². The summed E-state index contributed by atoms with van der Waals surface area (Å²) in [6, 6.07) is 1.88. The zero-order chi connectivity index (χ0) is 21.9. The molecule has 0 bridgehead atoms. The highest BCUT2D eigenvalue weighted by atomic mass is 35.5. The summed E-state index contributed by atoms with van der Waals surface area (Å²) in [7, 11) is -3.91. The average Bonchev–Trinajstić information content (AvgIpc) is 2.71. The Bertz CT molecular complexity index is 964. The average molecular weight is 459 g/mol. The number of hydrogen-bond donors (Lipinski definition) is 1. The van der Waals surface area contributed by atoms with E-state index in [1.807, 2.05) is 0 Å². The number of amides is 2. The van der Waals surface area contributed by atoms with Gasteiger partial charge in [0.05, 0.1) is 28.0 Å². The molecular formula is C19H23ClN2O7S. The predicted octanol–water partition coefficient (Wildman–Crippen LogP) is 1.78. The number of rotatable bonds is 6. The minimum atomic E-state index is -3.91. The van der Waals surface area contributed by atoms with Crippen LogP contribution in [0.4, 0.5) is 5.69 Å². The van der Waals surface area contributed by atoms with Crippen LogP contribution in [0.1, 0.15) is 32.6 Å². The van der Waals surface area contributed by atoms with Gasteiger partial charge in [0, 0.05) is 19.0 Å². The fourth-order valence-electron chi connectivity index (χ4n) is 3.51. The fraction of sp³-hybridized carbons (Fsp3) is 0.526. The molecule has 3 rings (SSSR count). The molecule has 164 valence electrons. The largest absolute Gasteiger partial charge is 0.482 e. The van der Waals surface area contributed by atoms with Crippen molar-refractivity contribution in [3.63, 3.8) is 0 Å². The van der Waals surface area contributed by atoms with E-state index in [4.69, 9.17) is 21.1 Å². The molecule has 30 heavy (non-hydrogen) atoms. The van der Waals surface area contributed by atoms with Crippen LogP contribution in [0.2, 0.25) is 5.02 Å². The van der Waals surface area contributed by atoms with Crippen molar-refractivity contribution in [1.82, 2.24) is 4.90 Å². The maximum absolute atomic E-state index is 12.8. The number of halogens is 1. The molecule has 0 saturated carbocycles. The van der Waals surface area contributed by atoms with Gasteiger partial charge in [-0.25, -0.2) is 13.2 Å². The van der Waals surface area contributed by atoms with Crippen LogP contribution in [0.3, 0.4) is 0 Å². The number of piperidine rings is 1. The Kier molecular flexibility index (Phi) is 6.87. The Morgan fingerprint density at radius 2 is 2.10 bits per heavy atom.